The van der Waals surface area contributed by atoms with Gasteiger partial charge in [-0.05, 0) is 69.5 Å². The average Bonchev–Trinajstić information content (AvgIpc) is 3.40. The van der Waals surface area contributed by atoms with Crippen LogP contribution in [0.25, 0.3) is 22.2 Å². The van der Waals surface area contributed by atoms with Gasteiger partial charge in [0.1, 0.15) is 64.9 Å². The van der Waals surface area contributed by atoms with Crippen LogP contribution in [0.15, 0.2) is 80.7 Å². The van der Waals surface area contributed by atoms with E-state index in [0.29, 0.717) is 66.0 Å². The van der Waals surface area contributed by atoms with E-state index in [1.807, 2.05) is 43.5 Å². The highest BCUT2D eigenvalue weighted by Gasteiger charge is 2.64. The zero-order valence-electron chi connectivity index (χ0n) is 31.6. The number of anilines is 2. The Morgan fingerprint density at radius 2 is 1.93 bits per heavy atom. The minimum atomic E-state index is -1.32. The van der Waals surface area contributed by atoms with Crippen molar-refractivity contribution in [3.05, 3.63) is 105 Å². The first-order chi connectivity index (χ1) is 27.3. The number of rotatable bonds is 2. The number of ether oxygens (including phenoxy) is 3. The molecule has 57 heavy (non-hydrogen) atoms. The first kappa shape index (κ1) is 36.3. The van der Waals surface area contributed by atoms with Crippen LogP contribution in [0.1, 0.15) is 54.8 Å². The van der Waals surface area contributed by atoms with Crippen molar-refractivity contribution in [1.82, 2.24) is 9.97 Å². The lowest BCUT2D eigenvalue weighted by atomic mass is 9.70. The van der Waals surface area contributed by atoms with Crippen LogP contribution in [0.5, 0.6) is 11.5 Å². The molecule has 1 fully saturated rings. The van der Waals surface area contributed by atoms with E-state index >= 15 is 0 Å². The number of aliphatic imine (C=N–C) groups is 1. The van der Waals surface area contributed by atoms with E-state index in [1.165, 1.54) is 11.0 Å². The number of esters is 1. The molecule has 0 radical (unpaired) electrons. The molecule has 6 atom stereocenters. The van der Waals surface area contributed by atoms with Gasteiger partial charge in [0.25, 0.3) is 0 Å². The van der Waals surface area contributed by atoms with Crippen LogP contribution >= 0.6 is 21.6 Å². The summed E-state index contributed by atoms with van der Waals surface area (Å²) in [7, 11) is 3.30. The van der Waals surface area contributed by atoms with Gasteiger partial charge in [-0.3, -0.25) is 14.7 Å². The third-order valence-corrected chi connectivity index (χ3v) is 14.7. The molecule has 13 nitrogen and oxygen atoms in total. The summed E-state index contributed by atoms with van der Waals surface area (Å²) >= 11 is 0. The summed E-state index contributed by atoms with van der Waals surface area (Å²) in [5.41, 5.74) is 16.4. The molecule has 4 bridgehead atoms. The Kier molecular flexibility index (Phi) is 8.25. The van der Waals surface area contributed by atoms with Gasteiger partial charge < -0.3 is 35.2 Å². The van der Waals surface area contributed by atoms with E-state index in [0.717, 1.165) is 40.2 Å². The van der Waals surface area contributed by atoms with E-state index in [1.54, 1.807) is 41.5 Å². The first-order valence-electron chi connectivity index (χ1n) is 19.0. The molecule has 6 N–H and O–H groups in total. The first-order valence-corrected chi connectivity index (χ1v) is 21.4. The summed E-state index contributed by atoms with van der Waals surface area (Å²) in [6.45, 7) is 6.77. The third kappa shape index (κ3) is 6.05. The molecule has 6 aliphatic heterocycles. The maximum absolute atomic E-state index is 14.2. The number of quaternary nitrogens is 1. The fourth-order valence-corrected chi connectivity index (χ4v) is 11.6. The predicted molar refractivity (Wildman–Crippen MR) is 219 cm³/mol. The van der Waals surface area contributed by atoms with E-state index in [4.69, 9.17) is 40.1 Å². The molecule has 0 saturated carbocycles. The maximum atomic E-state index is 14.2. The van der Waals surface area contributed by atoms with Gasteiger partial charge in [-0.1, -0.05) is 27.7 Å². The Morgan fingerprint density at radius 3 is 2.77 bits per heavy atom. The van der Waals surface area contributed by atoms with Crippen LogP contribution in [0.2, 0.25) is 0 Å². The molecule has 292 valence electrons. The molecular weight excluding hydrogens is 765 g/mol. The number of phenolic OH excluding ortho intramolecular Hbond substituents is 1. The van der Waals surface area contributed by atoms with E-state index in [2.05, 4.69) is 17.3 Å². The average molecular weight is 806 g/mol. The molecule has 15 heteroatoms. The lowest BCUT2D eigenvalue weighted by molar-refractivity contribution is -0.848. The van der Waals surface area contributed by atoms with Crippen molar-refractivity contribution in [3.8, 4) is 22.8 Å². The Hall–Kier alpha value is -5.09. The molecule has 4 aromatic rings. The van der Waals surface area contributed by atoms with Gasteiger partial charge in [-0.25, -0.2) is 14.8 Å². The topological polar surface area (TPSA) is 193 Å². The number of epoxide rings is 1. The highest BCUT2D eigenvalue weighted by molar-refractivity contribution is 8.76. The number of carbonyl (C=O) groups excluding carboxylic acids is 1. The van der Waals surface area contributed by atoms with Crippen LogP contribution in [0.3, 0.4) is 0 Å². The van der Waals surface area contributed by atoms with Crippen molar-refractivity contribution in [2.24, 2.45) is 4.99 Å². The third-order valence-electron chi connectivity index (χ3n) is 12.1. The number of aromatic nitrogens is 2. The summed E-state index contributed by atoms with van der Waals surface area (Å²) in [6, 6.07) is 8.97. The van der Waals surface area contributed by atoms with Crippen molar-refractivity contribution in [3.63, 3.8) is 0 Å². The van der Waals surface area contributed by atoms with E-state index in [9.17, 15) is 14.7 Å². The standard InChI is InChI=1S/C42H40N6O7S2/c1-21-10-31(49)36-33(52-21)14-32-27(37(36)50)16-42-8-6-25(15-40(42,2)53-32)57-56-20-28-26(13-24(46-38(28)44)18-48-17-23-7-9-45-30(23)19-48)29-11-22(12-35(43)47-29)4-5-34-41(3,54-34)39(51)55-42/h6-14,17,25,34,50H,4-5,15-16,18-20H2,1-3H3,(H2,43,47)(H2,44,46)/p+1/t25-,34-,40-,41-,42+/m0/s1. The molecule has 1 unspecified atom stereocenters. The number of pyridine rings is 2. The predicted octanol–water partition coefficient (Wildman–Crippen LogP) is 4.67. The molecular formula is C42H41N6O7S2+. The van der Waals surface area contributed by atoms with Gasteiger partial charge >= 0.3 is 5.97 Å². The number of fused-ring (bicyclic) bond motifs is 7. The summed E-state index contributed by atoms with van der Waals surface area (Å²) in [6.07, 6.45) is 11.2. The molecule has 1 spiro atoms. The van der Waals surface area contributed by atoms with Crippen LogP contribution in [0, 0.1) is 6.92 Å². The van der Waals surface area contributed by atoms with Crippen molar-refractivity contribution in [2.45, 2.75) is 86.9 Å². The highest BCUT2D eigenvalue weighted by atomic mass is 33.1. The number of aryl methyl sites for hydroxylation is 2. The Balaban J connectivity index is 1.02. The number of nitrogens with one attached hydrogen (secondary N) is 1. The zero-order valence-corrected chi connectivity index (χ0v) is 33.2. The molecule has 3 aromatic heterocycles. The molecule has 1 aromatic carbocycles. The quantitative estimate of drug-likeness (QED) is 0.0947. The van der Waals surface area contributed by atoms with Crippen LogP contribution in [-0.2, 0) is 39.4 Å². The number of phenols is 1. The van der Waals surface area contributed by atoms with Crippen molar-refractivity contribution >= 4 is 55.9 Å². The summed E-state index contributed by atoms with van der Waals surface area (Å²) in [5, 5.41) is 11.5. The van der Waals surface area contributed by atoms with Crippen molar-refractivity contribution in [2.75, 3.05) is 18.0 Å². The number of hydrogen-bond donors (Lipinski definition) is 4. The van der Waals surface area contributed by atoms with Gasteiger partial charge in [0.05, 0.1) is 23.1 Å². The van der Waals surface area contributed by atoms with Gasteiger partial charge in [0.15, 0.2) is 22.2 Å². The lowest BCUT2D eigenvalue weighted by Crippen LogP contribution is -3.05. The number of nitrogen functional groups attached to an aromatic ring is 2. The molecule has 1 saturated heterocycles. The molecule has 0 amide bonds. The largest absolute Gasteiger partial charge is 0.507 e. The normalized spacial score (nSPS) is 29.8. The smallest absolute Gasteiger partial charge is 0.341 e. The van der Waals surface area contributed by atoms with Gasteiger partial charge in [-0.15, -0.1) is 0 Å². The molecule has 1 aliphatic carbocycles. The number of nitrogens with zero attached hydrogens (tertiary/aromatic N) is 3. The second-order valence-electron chi connectivity index (χ2n) is 16.1. The fraction of sp³-hybridized carbons (Fsp3) is 0.357. The Labute approximate surface area is 335 Å². The van der Waals surface area contributed by atoms with Gasteiger partial charge in [0.2, 0.25) is 0 Å². The number of benzene rings is 1. The second kappa shape index (κ2) is 13.0. The summed E-state index contributed by atoms with van der Waals surface area (Å²) < 4.78 is 25.3. The van der Waals surface area contributed by atoms with Crippen LogP contribution < -0.4 is 26.5 Å². The lowest BCUT2D eigenvalue weighted by Gasteiger charge is -2.52. The van der Waals surface area contributed by atoms with Crippen LogP contribution in [0.4, 0.5) is 11.6 Å². The number of carbonyl (C=O) groups is 1. The molecule has 11 rings (SSSR count). The SMILES string of the molecule is Cc1cc(=O)c2c(O)c3c(cc2o1)O[C@@]1(C)C[C@@H]2C=C[C@]1(C3)OC(=O)[C@@]1(C)O[C@H]1CCc1cc(N)nc(c1)-c1cc(C[NH+]3C=C4C=CN=C4C3)nc(N)c1CSS2. The fourth-order valence-electron chi connectivity index (χ4n) is 8.91. The molecule has 7 aliphatic rings. The van der Waals surface area contributed by atoms with Gasteiger partial charge in [-0.2, -0.15) is 0 Å². The van der Waals surface area contributed by atoms with Crippen molar-refractivity contribution in [1.29, 1.82) is 0 Å². The summed E-state index contributed by atoms with van der Waals surface area (Å²) in [4.78, 5) is 42.7. The summed E-state index contributed by atoms with van der Waals surface area (Å²) in [5.74, 6) is 1.39. The highest BCUT2D eigenvalue weighted by Crippen LogP contribution is 2.54. The maximum Gasteiger partial charge on any atom is 0.341 e. The number of allylic oxidation sites excluding steroid dienone is 1. The monoisotopic (exact) mass is 805 g/mol. The van der Waals surface area contributed by atoms with Crippen LogP contribution in [-0.4, -0.2) is 61.5 Å². The second-order valence-corrected chi connectivity index (χ2v) is 18.7. The minimum absolute atomic E-state index is 0.0574. The zero-order chi connectivity index (χ0) is 39.4. The van der Waals surface area contributed by atoms with E-state index < -0.39 is 28.9 Å². The van der Waals surface area contributed by atoms with Crippen molar-refractivity contribution < 1.29 is 33.4 Å². The minimum Gasteiger partial charge on any atom is -0.507 e. The molecule has 9 heterocycles. The number of aromatic hydroxyl groups is 1. The Bertz CT molecular complexity index is 2620. The van der Waals surface area contributed by atoms with E-state index in [-0.39, 0.29) is 33.8 Å². The number of hydrogen-bond acceptors (Lipinski definition) is 14. The number of nitrogens with two attached hydrogens (primary N) is 2. The van der Waals surface area contributed by atoms with Gasteiger partial charge in [0, 0.05) is 58.9 Å². The Morgan fingerprint density at radius 1 is 1.07 bits per heavy atom.